The van der Waals surface area contributed by atoms with Gasteiger partial charge in [-0.25, -0.2) is 4.98 Å². The zero-order valence-electron chi connectivity index (χ0n) is 12.1. The molecular formula is C14H25N3O2. The van der Waals surface area contributed by atoms with Gasteiger partial charge in [0.2, 0.25) is 0 Å². The molecule has 1 unspecified atom stereocenters. The largest absolute Gasteiger partial charge is 0.383 e. The average molecular weight is 267 g/mol. The van der Waals surface area contributed by atoms with E-state index in [1.165, 1.54) is 0 Å². The van der Waals surface area contributed by atoms with Crippen molar-refractivity contribution in [3.63, 3.8) is 0 Å². The van der Waals surface area contributed by atoms with Crippen LogP contribution in [0.2, 0.25) is 0 Å². The molecule has 0 amide bonds. The zero-order chi connectivity index (χ0) is 14.1. The number of nitrogens with zero attached hydrogens (tertiary/aromatic N) is 1. The fourth-order valence-corrected chi connectivity index (χ4v) is 1.94. The van der Waals surface area contributed by atoms with Crippen molar-refractivity contribution in [2.24, 2.45) is 0 Å². The topological polar surface area (TPSA) is 69.4 Å². The molecule has 0 saturated carbocycles. The Hall–Kier alpha value is -1.17. The molecule has 0 radical (unpaired) electrons. The van der Waals surface area contributed by atoms with Crippen molar-refractivity contribution >= 4 is 5.82 Å². The molecule has 5 heteroatoms. The van der Waals surface area contributed by atoms with Crippen LogP contribution in [0.3, 0.4) is 0 Å². The van der Waals surface area contributed by atoms with E-state index < -0.39 is 0 Å². The summed E-state index contributed by atoms with van der Waals surface area (Å²) < 4.78 is 10.5. The molecule has 1 atom stereocenters. The van der Waals surface area contributed by atoms with Gasteiger partial charge in [-0.15, -0.1) is 0 Å². The molecule has 3 N–H and O–H groups in total. The Bertz CT molecular complexity index is 372. The molecule has 0 aliphatic heterocycles. The van der Waals surface area contributed by atoms with Crippen LogP contribution in [0.4, 0.5) is 5.82 Å². The molecule has 0 saturated heterocycles. The van der Waals surface area contributed by atoms with Crippen LogP contribution in [0.5, 0.6) is 0 Å². The second-order valence-corrected chi connectivity index (χ2v) is 4.49. The highest BCUT2D eigenvalue weighted by atomic mass is 16.5. The summed E-state index contributed by atoms with van der Waals surface area (Å²) in [6.07, 6.45) is 2.66. The van der Waals surface area contributed by atoms with Gasteiger partial charge in [-0.05, 0) is 31.5 Å². The maximum absolute atomic E-state index is 5.96. The van der Waals surface area contributed by atoms with Gasteiger partial charge < -0.3 is 20.5 Å². The average Bonchev–Trinajstić information content (AvgIpc) is 2.40. The molecule has 1 aromatic rings. The lowest BCUT2D eigenvalue weighted by molar-refractivity contribution is 0.0658. The van der Waals surface area contributed by atoms with Crippen molar-refractivity contribution in [2.75, 3.05) is 39.2 Å². The van der Waals surface area contributed by atoms with E-state index in [2.05, 4.69) is 23.3 Å². The smallest absolute Gasteiger partial charge is 0.128 e. The monoisotopic (exact) mass is 267 g/mol. The van der Waals surface area contributed by atoms with Gasteiger partial charge in [-0.3, -0.25) is 0 Å². The highest BCUT2D eigenvalue weighted by molar-refractivity contribution is 5.42. The number of ether oxygens (including phenoxy) is 2. The second kappa shape index (κ2) is 8.85. The van der Waals surface area contributed by atoms with E-state index in [-0.39, 0.29) is 6.04 Å². The first-order valence-corrected chi connectivity index (χ1v) is 6.71. The Morgan fingerprint density at radius 3 is 2.84 bits per heavy atom. The summed E-state index contributed by atoms with van der Waals surface area (Å²) in [5.41, 5.74) is 8.13. The van der Waals surface area contributed by atoms with Gasteiger partial charge in [0, 0.05) is 31.5 Å². The number of methoxy groups -OCH3 is 1. The molecule has 0 aliphatic carbocycles. The minimum absolute atomic E-state index is 0.181. The first kappa shape index (κ1) is 15.9. The first-order chi connectivity index (χ1) is 9.19. The van der Waals surface area contributed by atoms with Crippen LogP contribution >= 0.6 is 0 Å². The molecule has 1 heterocycles. The highest BCUT2D eigenvalue weighted by Gasteiger charge is 2.14. The van der Waals surface area contributed by atoms with Crippen LogP contribution in [0.15, 0.2) is 12.3 Å². The summed E-state index contributed by atoms with van der Waals surface area (Å²) in [6, 6.07) is 2.27. The predicted octanol–water partition coefficient (Wildman–Crippen LogP) is 1.68. The fraction of sp³-hybridized carbons (Fsp3) is 0.643. The Morgan fingerprint density at radius 2 is 2.16 bits per heavy atom. The number of aromatic nitrogens is 1. The number of nitrogen functional groups attached to an aromatic ring is 1. The molecule has 0 bridgehead atoms. The van der Waals surface area contributed by atoms with Crippen LogP contribution in [0.1, 0.15) is 30.5 Å². The van der Waals surface area contributed by atoms with Crippen molar-refractivity contribution in [3.8, 4) is 0 Å². The number of nitrogens with two attached hydrogens (primary N) is 1. The van der Waals surface area contributed by atoms with Gasteiger partial charge in [-0.1, -0.05) is 6.92 Å². The molecule has 5 nitrogen and oxygen atoms in total. The maximum Gasteiger partial charge on any atom is 0.128 e. The third-order valence-electron chi connectivity index (χ3n) is 2.89. The van der Waals surface area contributed by atoms with Gasteiger partial charge in [0.15, 0.2) is 0 Å². The van der Waals surface area contributed by atoms with E-state index in [0.717, 1.165) is 24.1 Å². The normalized spacial score (nSPS) is 12.6. The number of aryl methyl sites for hydroxylation is 1. The summed E-state index contributed by atoms with van der Waals surface area (Å²) in [6.45, 7) is 6.91. The van der Waals surface area contributed by atoms with Crippen LogP contribution in [-0.4, -0.2) is 38.5 Å². The minimum atomic E-state index is 0.181. The number of nitrogens with one attached hydrogen (secondary N) is 1. The quantitative estimate of drug-likeness (QED) is 0.666. The van der Waals surface area contributed by atoms with Crippen LogP contribution in [-0.2, 0) is 9.47 Å². The third kappa shape index (κ3) is 5.55. The van der Waals surface area contributed by atoms with E-state index in [1.54, 1.807) is 13.3 Å². The molecule has 19 heavy (non-hydrogen) atoms. The third-order valence-corrected chi connectivity index (χ3v) is 2.89. The van der Waals surface area contributed by atoms with Crippen molar-refractivity contribution in [1.82, 2.24) is 10.3 Å². The molecule has 0 aliphatic rings. The lowest BCUT2D eigenvalue weighted by atomic mass is 10.0. The predicted molar refractivity (Wildman–Crippen MR) is 77.1 cm³/mol. The molecule has 0 fully saturated rings. The highest BCUT2D eigenvalue weighted by Crippen LogP contribution is 2.22. The van der Waals surface area contributed by atoms with Crippen LogP contribution in [0, 0.1) is 6.92 Å². The van der Waals surface area contributed by atoms with E-state index in [4.69, 9.17) is 15.2 Å². The molecule has 1 aromatic heterocycles. The van der Waals surface area contributed by atoms with E-state index >= 15 is 0 Å². The summed E-state index contributed by atoms with van der Waals surface area (Å²) in [5.74, 6) is 0.591. The fourth-order valence-electron chi connectivity index (χ4n) is 1.94. The van der Waals surface area contributed by atoms with Gasteiger partial charge in [0.1, 0.15) is 5.82 Å². The molecule has 1 rings (SSSR count). The SMILES string of the molecule is CCNC(CCOCCOC)c1cc(C)cnc1N. The van der Waals surface area contributed by atoms with E-state index in [9.17, 15) is 0 Å². The van der Waals surface area contributed by atoms with Crippen molar-refractivity contribution < 1.29 is 9.47 Å². The lowest BCUT2D eigenvalue weighted by Crippen LogP contribution is -2.24. The molecule has 0 aromatic carbocycles. The van der Waals surface area contributed by atoms with E-state index in [1.807, 2.05) is 6.92 Å². The van der Waals surface area contributed by atoms with Gasteiger partial charge in [-0.2, -0.15) is 0 Å². The van der Waals surface area contributed by atoms with Crippen molar-refractivity contribution in [3.05, 3.63) is 23.4 Å². The molecule has 108 valence electrons. The first-order valence-electron chi connectivity index (χ1n) is 6.71. The van der Waals surface area contributed by atoms with E-state index in [0.29, 0.717) is 25.6 Å². The Labute approximate surface area is 115 Å². The lowest BCUT2D eigenvalue weighted by Gasteiger charge is -2.20. The zero-order valence-corrected chi connectivity index (χ0v) is 12.1. The number of hydrogen-bond donors (Lipinski definition) is 2. The molecule has 0 spiro atoms. The molecular weight excluding hydrogens is 242 g/mol. The maximum atomic E-state index is 5.96. The standard InChI is InChI=1S/C14H25N3O2/c1-4-16-13(5-6-19-8-7-18-3)12-9-11(2)10-17-14(12)15/h9-10,13,16H,4-8H2,1-3H3,(H2,15,17). The van der Waals surface area contributed by atoms with Crippen molar-refractivity contribution in [2.45, 2.75) is 26.3 Å². The van der Waals surface area contributed by atoms with Crippen LogP contribution in [0.25, 0.3) is 0 Å². The number of rotatable bonds is 9. The Morgan fingerprint density at radius 1 is 1.37 bits per heavy atom. The number of pyridine rings is 1. The number of hydrogen-bond acceptors (Lipinski definition) is 5. The Kier molecular flexibility index (Phi) is 7.40. The van der Waals surface area contributed by atoms with Gasteiger partial charge >= 0.3 is 0 Å². The van der Waals surface area contributed by atoms with Gasteiger partial charge in [0.05, 0.1) is 13.2 Å². The summed E-state index contributed by atoms with van der Waals surface area (Å²) >= 11 is 0. The summed E-state index contributed by atoms with van der Waals surface area (Å²) in [5, 5.41) is 3.43. The van der Waals surface area contributed by atoms with Crippen molar-refractivity contribution in [1.29, 1.82) is 0 Å². The minimum Gasteiger partial charge on any atom is -0.383 e. The second-order valence-electron chi connectivity index (χ2n) is 4.49. The van der Waals surface area contributed by atoms with Gasteiger partial charge in [0.25, 0.3) is 0 Å². The summed E-state index contributed by atoms with van der Waals surface area (Å²) in [4.78, 5) is 4.22. The number of anilines is 1. The van der Waals surface area contributed by atoms with Crippen LogP contribution < -0.4 is 11.1 Å². The summed E-state index contributed by atoms with van der Waals surface area (Å²) in [7, 11) is 1.67. The Balaban J connectivity index is 2.58.